The van der Waals surface area contributed by atoms with Gasteiger partial charge in [-0.2, -0.15) is 5.10 Å². The fourth-order valence-corrected chi connectivity index (χ4v) is 5.46. The Kier molecular flexibility index (Phi) is 6.06. The predicted octanol–water partition coefficient (Wildman–Crippen LogP) is 4.32. The second kappa shape index (κ2) is 9.30. The number of amides is 2. The normalized spacial score (nSPS) is 15.6. The lowest BCUT2D eigenvalue weighted by Gasteiger charge is -2.25. The van der Waals surface area contributed by atoms with Crippen molar-refractivity contribution in [3.63, 3.8) is 0 Å². The van der Waals surface area contributed by atoms with Crippen LogP contribution in [0.2, 0.25) is 0 Å². The van der Waals surface area contributed by atoms with Gasteiger partial charge in [0.1, 0.15) is 5.82 Å². The lowest BCUT2D eigenvalue weighted by Crippen LogP contribution is -2.44. The summed E-state index contributed by atoms with van der Waals surface area (Å²) < 4.78 is 15.1. The SMILES string of the molecule is Cn1nc(C(=O)NC[C@@H]2CSCN2C(=O)c2ccccc2-c2ccc(F)cc2)c2ccccc21. The second-order valence-corrected chi connectivity index (χ2v) is 9.18. The number of rotatable bonds is 5. The Morgan fingerprint density at radius 1 is 1.06 bits per heavy atom. The molecule has 1 fully saturated rings. The Bertz CT molecular complexity index is 1370. The quantitative estimate of drug-likeness (QED) is 0.468. The summed E-state index contributed by atoms with van der Waals surface area (Å²) in [5.41, 5.74) is 3.36. The Morgan fingerprint density at radius 3 is 2.62 bits per heavy atom. The molecule has 6 nitrogen and oxygen atoms in total. The molecule has 0 aliphatic carbocycles. The van der Waals surface area contributed by atoms with Crippen LogP contribution in [0, 0.1) is 5.82 Å². The minimum Gasteiger partial charge on any atom is -0.349 e. The van der Waals surface area contributed by atoms with E-state index >= 15 is 0 Å². The van der Waals surface area contributed by atoms with Crippen LogP contribution >= 0.6 is 11.8 Å². The van der Waals surface area contributed by atoms with E-state index in [0.29, 0.717) is 23.7 Å². The number of benzene rings is 3. The molecule has 2 heterocycles. The van der Waals surface area contributed by atoms with E-state index in [4.69, 9.17) is 0 Å². The number of nitrogens with one attached hydrogen (secondary N) is 1. The fraction of sp³-hybridized carbons (Fsp3) is 0.192. The van der Waals surface area contributed by atoms with E-state index in [1.54, 1.807) is 39.5 Å². The van der Waals surface area contributed by atoms with Crippen LogP contribution in [0.25, 0.3) is 22.0 Å². The molecule has 0 radical (unpaired) electrons. The van der Waals surface area contributed by atoms with Gasteiger partial charge in [-0.1, -0.05) is 48.5 Å². The number of aryl methyl sites for hydroxylation is 1. The van der Waals surface area contributed by atoms with Crippen LogP contribution in [0.5, 0.6) is 0 Å². The van der Waals surface area contributed by atoms with Crippen molar-refractivity contribution in [3.05, 3.63) is 89.9 Å². The van der Waals surface area contributed by atoms with Gasteiger partial charge in [-0.3, -0.25) is 14.3 Å². The lowest BCUT2D eigenvalue weighted by molar-refractivity contribution is 0.0736. The van der Waals surface area contributed by atoms with Crippen molar-refractivity contribution in [3.8, 4) is 11.1 Å². The molecule has 0 unspecified atom stereocenters. The second-order valence-electron chi connectivity index (χ2n) is 8.18. The van der Waals surface area contributed by atoms with Gasteiger partial charge in [0, 0.05) is 30.3 Å². The lowest BCUT2D eigenvalue weighted by atomic mass is 9.98. The van der Waals surface area contributed by atoms with Crippen LogP contribution in [-0.2, 0) is 7.05 Å². The van der Waals surface area contributed by atoms with Crippen LogP contribution < -0.4 is 5.32 Å². The standard InChI is InChI=1S/C26H23FN4O2S/c1-30-23-9-5-4-8-22(23)24(29-30)25(32)28-14-19-15-34-16-31(19)26(33)21-7-3-2-6-20(21)17-10-12-18(27)13-11-17/h2-13,19H,14-16H2,1H3,(H,28,32)/t19-/m1/s1. The topological polar surface area (TPSA) is 67.2 Å². The molecule has 0 spiro atoms. The maximum absolute atomic E-state index is 13.5. The minimum atomic E-state index is -0.319. The van der Waals surface area contributed by atoms with E-state index in [1.165, 1.54) is 12.1 Å². The molecule has 0 saturated carbocycles. The molecule has 34 heavy (non-hydrogen) atoms. The third-order valence-electron chi connectivity index (χ3n) is 6.03. The summed E-state index contributed by atoms with van der Waals surface area (Å²) in [5.74, 6) is 0.595. The molecule has 1 saturated heterocycles. The third-order valence-corrected chi connectivity index (χ3v) is 7.11. The Hall–Kier alpha value is -3.65. The highest BCUT2D eigenvalue weighted by Crippen LogP contribution is 2.29. The maximum Gasteiger partial charge on any atom is 0.272 e. The largest absolute Gasteiger partial charge is 0.349 e. The first-order chi connectivity index (χ1) is 16.5. The summed E-state index contributed by atoms with van der Waals surface area (Å²) in [4.78, 5) is 28.2. The zero-order valence-corrected chi connectivity index (χ0v) is 19.4. The van der Waals surface area contributed by atoms with Gasteiger partial charge in [0.05, 0.1) is 17.4 Å². The van der Waals surface area contributed by atoms with Gasteiger partial charge in [0.15, 0.2) is 5.69 Å². The molecule has 5 rings (SSSR count). The van der Waals surface area contributed by atoms with E-state index in [9.17, 15) is 14.0 Å². The monoisotopic (exact) mass is 474 g/mol. The molecule has 4 aromatic rings. The summed E-state index contributed by atoms with van der Waals surface area (Å²) in [6, 6.07) is 20.9. The van der Waals surface area contributed by atoms with Crippen molar-refractivity contribution in [1.29, 1.82) is 0 Å². The first-order valence-electron chi connectivity index (χ1n) is 11.0. The van der Waals surface area contributed by atoms with Crippen LogP contribution in [0.1, 0.15) is 20.8 Å². The highest BCUT2D eigenvalue weighted by Gasteiger charge is 2.31. The molecule has 3 aromatic carbocycles. The molecule has 172 valence electrons. The van der Waals surface area contributed by atoms with Gasteiger partial charge in [-0.05, 0) is 35.4 Å². The van der Waals surface area contributed by atoms with Crippen LogP contribution in [0.3, 0.4) is 0 Å². The van der Waals surface area contributed by atoms with Crippen LogP contribution in [0.15, 0.2) is 72.8 Å². The molecule has 0 bridgehead atoms. The van der Waals surface area contributed by atoms with E-state index in [0.717, 1.165) is 27.8 Å². The highest BCUT2D eigenvalue weighted by atomic mass is 32.2. The van der Waals surface area contributed by atoms with Crippen molar-refractivity contribution in [2.45, 2.75) is 6.04 Å². The summed E-state index contributed by atoms with van der Waals surface area (Å²) in [6.07, 6.45) is 0. The van der Waals surface area contributed by atoms with Crippen LogP contribution in [-0.4, -0.2) is 50.7 Å². The molecule has 1 aromatic heterocycles. The molecular weight excluding hydrogens is 451 g/mol. The van der Waals surface area contributed by atoms with E-state index in [1.807, 2.05) is 49.5 Å². The number of fused-ring (bicyclic) bond motifs is 1. The number of hydrogen-bond donors (Lipinski definition) is 1. The zero-order valence-electron chi connectivity index (χ0n) is 18.6. The van der Waals surface area contributed by atoms with Gasteiger partial charge >= 0.3 is 0 Å². The number of para-hydroxylation sites is 1. The highest BCUT2D eigenvalue weighted by molar-refractivity contribution is 7.99. The van der Waals surface area contributed by atoms with Crippen molar-refractivity contribution in [2.24, 2.45) is 7.05 Å². The van der Waals surface area contributed by atoms with Crippen molar-refractivity contribution in [1.82, 2.24) is 20.0 Å². The van der Waals surface area contributed by atoms with Crippen molar-refractivity contribution >= 4 is 34.5 Å². The number of carbonyl (C=O) groups is 2. The van der Waals surface area contributed by atoms with E-state index < -0.39 is 0 Å². The smallest absolute Gasteiger partial charge is 0.272 e. The Balaban J connectivity index is 1.33. The molecule has 1 N–H and O–H groups in total. The molecule has 1 atom stereocenters. The van der Waals surface area contributed by atoms with Crippen LogP contribution in [0.4, 0.5) is 4.39 Å². The average molecular weight is 475 g/mol. The fourth-order valence-electron chi connectivity index (χ4n) is 4.26. The number of thioether (sulfide) groups is 1. The molecule has 2 amide bonds. The van der Waals surface area contributed by atoms with Gasteiger partial charge in [0.2, 0.25) is 0 Å². The van der Waals surface area contributed by atoms with E-state index in [2.05, 4.69) is 10.4 Å². The van der Waals surface area contributed by atoms with Gasteiger partial charge in [0.25, 0.3) is 11.8 Å². The number of halogens is 1. The number of aromatic nitrogens is 2. The maximum atomic E-state index is 13.5. The molecule has 1 aliphatic rings. The van der Waals surface area contributed by atoms with Gasteiger partial charge in [-0.25, -0.2) is 4.39 Å². The van der Waals surface area contributed by atoms with E-state index in [-0.39, 0.29) is 23.7 Å². The summed E-state index contributed by atoms with van der Waals surface area (Å²) in [5, 5.41) is 8.15. The summed E-state index contributed by atoms with van der Waals surface area (Å²) in [7, 11) is 1.81. The number of hydrogen-bond acceptors (Lipinski definition) is 4. The molecular formula is C26H23FN4O2S. The van der Waals surface area contributed by atoms with Gasteiger partial charge < -0.3 is 10.2 Å². The predicted molar refractivity (Wildman–Crippen MR) is 132 cm³/mol. The average Bonchev–Trinajstić information content (AvgIpc) is 3.47. The first kappa shape index (κ1) is 22.2. The van der Waals surface area contributed by atoms with Crippen molar-refractivity contribution < 1.29 is 14.0 Å². The Labute approximate surface area is 200 Å². The van der Waals surface area contributed by atoms with Crippen molar-refractivity contribution in [2.75, 3.05) is 18.2 Å². The third kappa shape index (κ3) is 4.17. The number of nitrogens with zero attached hydrogens (tertiary/aromatic N) is 3. The molecule has 8 heteroatoms. The zero-order chi connectivity index (χ0) is 23.7. The minimum absolute atomic E-state index is 0.104. The summed E-state index contributed by atoms with van der Waals surface area (Å²) >= 11 is 1.66. The first-order valence-corrected chi connectivity index (χ1v) is 12.1. The Morgan fingerprint density at radius 2 is 1.79 bits per heavy atom. The molecule has 1 aliphatic heterocycles. The summed E-state index contributed by atoms with van der Waals surface area (Å²) in [6.45, 7) is 0.335. The van der Waals surface area contributed by atoms with Gasteiger partial charge in [-0.15, -0.1) is 11.8 Å². The number of carbonyl (C=O) groups excluding carboxylic acids is 2.